The zero-order valence-corrected chi connectivity index (χ0v) is 15.0. The highest BCUT2D eigenvalue weighted by atomic mass is 32.2. The van der Waals surface area contributed by atoms with E-state index >= 15 is 0 Å². The average molecular weight is 369 g/mol. The van der Waals surface area contributed by atoms with Gasteiger partial charge in [0, 0.05) is 9.79 Å². The maximum Gasteiger partial charge on any atom is 0.206 e. The first-order chi connectivity index (χ1) is 12.1. The van der Waals surface area contributed by atoms with Crippen molar-refractivity contribution in [2.75, 3.05) is 12.4 Å². The molecule has 0 unspecified atom stereocenters. The maximum absolute atomic E-state index is 12.9. The fraction of sp³-hybridized carbons (Fsp3) is 0.0526. The van der Waals surface area contributed by atoms with Crippen LogP contribution in [0.1, 0.15) is 0 Å². The molecule has 4 rings (SSSR count). The Bertz CT molecular complexity index is 1040. The predicted octanol–water partition coefficient (Wildman–Crippen LogP) is 4.74. The molecule has 1 N–H and O–H groups in total. The highest BCUT2D eigenvalue weighted by Gasteiger charge is 2.22. The van der Waals surface area contributed by atoms with Crippen molar-refractivity contribution < 1.29 is 13.2 Å². The summed E-state index contributed by atoms with van der Waals surface area (Å²) in [5.41, 5.74) is 1.95. The smallest absolute Gasteiger partial charge is 0.206 e. The normalized spacial score (nSPS) is 12.7. The van der Waals surface area contributed by atoms with Gasteiger partial charge in [-0.2, -0.15) is 0 Å². The minimum absolute atomic E-state index is 0.252. The van der Waals surface area contributed by atoms with Crippen LogP contribution in [-0.4, -0.2) is 15.5 Å². The van der Waals surface area contributed by atoms with Crippen LogP contribution in [0.5, 0.6) is 5.75 Å². The quantitative estimate of drug-likeness (QED) is 0.565. The number of benzene rings is 3. The van der Waals surface area contributed by atoms with Crippen molar-refractivity contribution >= 4 is 33.0 Å². The van der Waals surface area contributed by atoms with Crippen LogP contribution >= 0.6 is 11.8 Å². The third kappa shape index (κ3) is 2.88. The van der Waals surface area contributed by atoms with Gasteiger partial charge in [-0.3, -0.25) is 0 Å². The molecule has 0 spiro atoms. The summed E-state index contributed by atoms with van der Waals surface area (Å²) in [5, 5.41) is 3.34. The molecular formula is C19H15NO3S2. The number of ether oxygens (including phenoxy) is 1. The molecule has 0 saturated heterocycles. The van der Waals surface area contributed by atoms with E-state index in [4.69, 9.17) is 4.74 Å². The number of hydrogen-bond acceptors (Lipinski definition) is 5. The van der Waals surface area contributed by atoms with E-state index in [1.165, 1.54) is 0 Å². The molecule has 4 nitrogen and oxygen atoms in total. The van der Waals surface area contributed by atoms with Crippen molar-refractivity contribution in [3.8, 4) is 5.75 Å². The number of hydrogen-bond donors (Lipinski definition) is 1. The number of fused-ring (bicyclic) bond motifs is 2. The molecule has 1 aliphatic rings. The fourth-order valence-electron chi connectivity index (χ4n) is 2.67. The van der Waals surface area contributed by atoms with Gasteiger partial charge >= 0.3 is 0 Å². The van der Waals surface area contributed by atoms with Gasteiger partial charge in [0.2, 0.25) is 9.84 Å². The number of anilines is 2. The molecule has 126 valence electrons. The van der Waals surface area contributed by atoms with Gasteiger partial charge in [-0.1, -0.05) is 23.9 Å². The van der Waals surface area contributed by atoms with Crippen molar-refractivity contribution in [1.29, 1.82) is 0 Å². The minimum Gasteiger partial charge on any atom is -0.497 e. The van der Waals surface area contributed by atoms with E-state index in [0.29, 0.717) is 5.75 Å². The first-order valence-corrected chi connectivity index (χ1v) is 9.95. The molecule has 6 heteroatoms. The van der Waals surface area contributed by atoms with Crippen molar-refractivity contribution in [3.05, 3.63) is 66.7 Å². The predicted molar refractivity (Wildman–Crippen MR) is 98.7 cm³/mol. The lowest BCUT2D eigenvalue weighted by Crippen LogP contribution is -2.05. The lowest BCUT2D eigenvalue weighted by atomic mass is 10.2. The lowest BCUT2D eigenvalue weighted by molar-refractivity contribution is 0.414. The van der Waals surface area contributed by atoms with Gasteiger partial charge in [-0.25, -0.2) is 8.42 Å². The van der Waals surface area contributed by atoms with E-state index in [9.17, 15) is 8.42 Å². The van der Waals surface area contributed by atoms with Gasteiger partial charge < -0.3 is 10.1 Å². The van der Waals surface area contributed by atoms with Gasteiger partial charge in [0.1, 0.15) is 5.75 Å². The lowest BCUT2D eigenvalue weighted by Gasteiger charge is -2.21. The van der Waals surface area contributed by atoms with Crippen LogP contribution in [0.2, 0.25) is 0 Å². The van der Waals surface area contributed by atoms with Gasteiger partial charge in [0.05, 0.1) is 28.3 Å². The molecule has 25 heavy (non-hydrogen) atoms. The summed E-state index contributed by atoms with van der Waals surface area (Å²) >= 11 is 1.57. The monoisotopic (exact) mass is 369 g/mol. The Balaban J connectivity index is 1.72. The van der Waals surface area contributed by atoms with Crippen molar-refractivity contribution in [1.82, 2.24) is 0 Å². The van der Waals surface area contributed by atoms with Crippen molar-refractivity contribution in [2.45, 2.75) is 19.6 Å². The first-order valence-electron chi connectivity index (χ1n) is 7.65. The van der Waals surface area contributed by atoms with Crippen LogP contribution in [0.4, 0.5) is 11.4 Å². The Morgan fingerprint density at radius 3 is 2.28 bits per heavy atom. The Morgan fingerprint density at radius 1 is 0.840 bits per heavy atom. The SMILES string of the molecule is COc1ccc(S(=O)(=O)c2ccc3c(c2)Sc2ccccc2N3)cc1. The number of para-hydroxylation sites is 1. The second kappa shape index (κ2) is 6.13. The van der Waals surface area contributed by atoms with E-state index in [2.05, 4.69) is 5.32 Å². The van der Waals surface area contributed by atoms with Crippen molar-refractivity contribution in [3.63, 3.8) is 0 Å². The number of nitrogens with one attached hydrogen (secondary N) is 1. The summed E-state index contributed by atoms with van der Waals surface area (Å²) in [6, 6.07) is 19.6. The van der Waals surface area contributed by atoms with Gasteiger partial charge in [0.25, 0.3) is 0 Å². The largest absolute Gasteiger partial charge is 0.497 e. The molecule has 0 saturated carbocycles. The van der Waals surface area contributed by atoms with Gasteiger partial charge in [0.15, 0.2) is 0 Å². The molecule has 1 aliphatic heterocycles. The maximum atomic E-state index is 12.9. The Kier molecular flexibility index (Phi) is 3.94. The van der Waals surface area contributed by atoms with E-state index in [1.807, 2.05) is 30.3 Å². The molecule has 3 aromatic carbocycles. The minimum atomic E-state index is -3.57. The fourth-order valence-corrected chi connectivity index (χ4v) is 5.06. The molecule has 0 amide bonds. The molecular weight excluding hydrogens is 354 g/mol. The topological polar surface area (TPSA) is 55.4 Å². The zero-order chi connectivity index (χ0) is 17.4. The molecule has 0 aliphatic carbocycles. The van der Waals surface area contributed by atoms with Crippen LogP contribution in [0, 0.1) is 0 Å². The Labute approximate surface area is 150 Å². The van der Waals surface area contributed by atoms with Crippen LogP contribution in [0.15, 0.2) is 86.3 Å². The molecule has 0 radical (unpaired) electrons. The first kappa shape index (κ1) is 16.1. The molecule has 0 atom stereocenters. The van der Waals surface area contributed by atoms with Crippen molar-refractivity contribution in [2.24, 2.45) is 0 Å². The van der Waals surface area contributed by atoms with E-state index in [0.717, 1.165) is 21.2 Å². The molecule has 3 aromatic rings. The summed E-state index contributed by atoms with van der Waals surface area (Å²) in [4.78, 5) is 2.51. The van der Waals surface area contributed by atoms with E-state index < -0.39 is 9.84 Å². The van der Waals surface area contributed by atoms with Crippen LogP contribution in [-0.2, 0) is 9.84 Å². The molecule has 1 heterocycles. The Morgan fingerprint density at radius 2 is 1.52 bits per heavy atom. The number of methoxy groups -OCH3 is 1. The molecule has 0 bridgehead atoms. The molecule has 0 fully saturated rings. The standard InChI is InChI=1S/C19H15NO3S2/c1-23-13-6-8-14(9-7-13)25(21,22)15-10-11-17-19(12-15)24-18-5-3-2-4-16(18)20-17/h2-12,20H,1H3. The second-order valence-corrected chi connectivity index (χ2v) is 8.59. The summed E-state index contributed by atoms with van der Waals surface area (Å²) in [7, 11) is -2.02. The van der Waals surface area contributed by atoms with Crippen LogP contribution < -0.4 is 10.1 Å². The summed E-state index contributed by atoms with van der Waals surface area (Å²) in [5.74, 6) is 0.626. The van der Waals surface area contributed by atoms with E-state index in [-0.39, 0.29) is 9.79 Å². The highest BCUT2D eigenvalue weighted by molar-refractivity contribution is 7.99. The third-order valence-corrected chi connectivity index (χ3v) is 6.91. The summed E-state index contributed by atoms with van der Waals surface area (Å²) < 4.78 is 30.9. The Hall–Kier alpha value is -2.44. The molecule has 0 aromatic heterocycles. The number of sulfone groups is 1. The average Bonchev–Trinajstić information content (AvgIpc) is 2.66. The summed E-state index contributed by atoms with van der Waals surface area (Å²) in [6.45, 7) is 0. The van der Waals surface area contributed by atoms with Gasteiger partial charge in [-0.15, -0.1) is 0 Å². The van der Waals surface area contributed by atoms with E-state index in [1.54, 1.807) is 55.3 Å². The number of rotatable bonds is 3. The highest BCUT2D eigenvalue weighted by Crippen LogP contribution is 2.45. The zero-order valence-electron chi connectivity index (χ0n) is 13.4. The van der Waals surface area contributed by atoms with Crippen LogP contribution in [0.3, 0.4) is 0 Å². The van der Waals surface area contributed by atoms with Gasteiger partial charge in [-0.05, 0) is 54.6 Å². The third-order valence-electron chi connectivity index (χ3n) is 4.01. The summed E-state index contributed by atoms with van der Waals surface area (Å²) in [6.07, 6.45) is 0. The van der Waals surface area contributed by atoms with Crippen LogP contribution in [0.25, 0.3) is 0 Å². The second-order valence-electron chi connectivity index (χ2n) is 5.56.